The van der Waals surface area contributed by atoms with E-state index < -0.39 is 15.9 Å². The molecule has 9 heteroatoms. The van der Waals surface area contributed by atoms with Crippen molar-refractivity contribution in [3.8, 4) is 5.75 Å². The van der Waals surface area contributed by atoms with Crippen LogP contribution in [0.4, 0.5) is 5.69 Å². The predicted molar refractivity (Wildman–Crippen MR) is 106 cm³/mol. The summed E-state index contributed by atoms with van der Waals surface area (Å²) >= 11 is 0. The summed E-state index contributed by atoms with van der Waals surface area (Å²) in [7, 11) is -2.17. The Morgan fingerprint density at radius 2 is 2.18 bits per heavy atom. The largest absolute Gasteiger partial charge is 0.495 e. The summed E-state index contributed by atoms with van der Waals surface area (Å²) in [6.45, 7) is 5.02. The molecule has 1 aromatic heterocycles. The Balaban J connectivity index is 1.74. The Hall–Kier alpha value is -2.39. The van der Waals surface area contributed by atoms with E-state index in [1.165, 1.54) is 16.8 Å². The molecule has 0 unspecified atom stereocenters. The summed E-state index contributed by atoms with van der Waals surface area (Å²) in [6.07, 6.45) is 4.29. The van der Waals surface area contributed by atoms with E-state index in [0.717, 1.165) is 5.56 Å². The van der Waals surface area contributed by atoms with Crippen molar-refractivity contribution in [3.63, 3.8) is 0 Å². The molecule has 1 N–H and O–H groups in total. The smallest absolute Gasteiger partial charge is 0.262 e. The minimum Gasteiger partial charge on any atom is -0.495 e. The van der Waals surface area contributed by atoms with Crippen LogP contribution in [-0.2, 0) is 21.4 Å². The van der Waals surface area contributed by atoms with E-state index in [0.29, 0.717) is 37.4 Å². The maximum atomic E-state index is 12.9. The zero-order chi connectivity index (χ0) is 20.3. The Morgan fingerprint density at radius 3 is 2.86 bits per heavy atom. The minimum atomic E-state index is -3.71. The lowest BCUT2D eigenvalue weighted by Gasteiger charge is -2.30. The summed E-state index contributed by atoms with van der Waals surface area (Å²) in [5.74, 6) is -0.0609. The first kappa shape index (κ1) is 20.3. The number of nitrogens with one attached hydrogen (secondary N) is 1. The molecule has 2 heterocycles. The van der Waals surface area contributed by atoms with Gasteiger partial charge in [-0.05, 0) is 44.4 Å². The average Bonchev–Trinajstić information content (AvgIpc) is 3.18. The van der Waals surface area contributed by atoms with Crippen LogP contribution >= 0.6 is 0 Å². The second-order valence-corrected chi connectivity index (χ2v) is 8.82. The third-order valence-corrected chi connectivity index (χ3v) is 6.70. The van der Waals surface area contributed by atoms with Crippen LogP contribution in [0, 0.1) is 12.8 Å². The molecule has 28 heavy (non-hydrogen) atoms. The number of piperidine rings is 1. The van der Waals surface area contributed by atoms with Gasteiger partial charge >= 0.3 is 0 Å². The first-order valence-corrected chi connectivity index (χ1v) is 10.8. The van der Waals surface area contributed by atoms with Gasteiger partial charge in [-0.3, -0.25) is 4.79 Å². The van der Waals surface area contributed by atoms with Gasteiger partial charge in [0.15, 0.2) is 5.03 Å². The van der Waals surface area contributed by atoms with Gasteiger partial charge in [0.2, 0.25) is 5.91 Å². The second kappa shape index (κ2) is 8.32. The number of hydrogen-bond acceptors (Lipinski definition) is 5. The van der Waals surface area contributed by atoms with E-state index in [1.807, 2.05) is 26.0 Å². The topological polar surface area (TPSA) is 93.5 Å². The molecule has 8 nitrogen and oxygen atoms in total. The van der Waals surface area contributed by atoms with Gasteiger partial charge in [0.1, 0.15) is 5.75 Å². The van der Waals surface area contributed by atoms with Crippen molar-refractivity contribution in [3.05, 3.63) is 36.3 Å². The molecule has 0 saturated carbocycles. The monoisotopic (exact) mass is 406 g/mol. The summed E-state index contributed by atoms with van der Waals surface area (Å²) in [4.78, 5) is 16.8. The van der Waals surface area contributed by atoms with Crippen molar-refractivity contribution in [2.45, 2.75) is 38.3 Å². The molecule has 1 saturated heterocycles. The molecule has 1 atom stereocenters. The first-order valence-electron chi connectivity index (χ1n) is 9.32. The standard InChI is InChI=1S/C19H26N4O4S/c1-4-22-12-18(20-13-22)28(25,26)23-9-5-6-15(11-23)19(24)21-16-10-14(2)7-8-17(16)27-3/h7-8,10,12-13,15H,4-6,9,11H2,1-3H3,(H,21,24)/t15-/m1/s1. The molecule has 1 aromatic carbocycles. The van der Waals surface area contributed by atoms with Crippen molar-refractivity contribution in [2.24, 2.45) is 5.92 Å². The summed E-state index contributed by atoms with van der Waals surface area (Å²) < 4.78 is 34.1. The molecule has 0 bridgehead atoms. The fourth-order valence-electron chi connectivity index (χ4n) is 3.31. The number of carbonyl (C=O) groups is 1. The van der Waals surface area contributed by atoms with Gasteiger partial charge in [-0.15, -0.1) is 0 Å². The highest BCUT2D eigenvalue weighted by atomic mass is 32.2. The van der Waals surface area contributed by atoms with Gasteiger partial charge in [0.05, 0.1) is 25.0 Å². The Kier molecular flexibility index (Phi) is 6.04. The van der Waals surface area contributed by atoms with Crippen molar-refractivity contribution in [1.82, 2.24) is 13.9 Å². The molecular formula is C19H26N4O4S. The quantitative estimate of drug-likeness (QED) is 0.794. The third kappa shape index (κ3) is 4.20. The molecule has 0 radical (unpaired) electrons. The lowest BCUT2D eigenvalue weighted by molar-refractivity contribution is -0.120. The third-order valence-electron chi connectivity index (χ3n) is 4.95. The van der Waals surface area contributed by atoms with Crippen molar-refractivity contribution >= 4 is 21.6 Å². The number of ether oxygens (including phenoxy) is 1. The Bertz CT molecular complexity index is 955. The van der Waals surface area contributed by atoms with Gasteiger partial charge in [-0.2, -0.15) is 4.31 Å². The fourth-order valence-corrected chi connectivity index (χ4v) is 4.77. The SMILES string of the molecule is CCn1cnc(S(=O)(=O)N2CCC[C@@H](C(=O)Nc3cc(C)ccc3OC)C2)c1. The molecule has 1 amide bonds. The van der Waals surface area contributed by atoms with E-state index in [-0.39, 0.29) is 17.5 Å². The zero-order valence-electron chi connectivity index (χ0n) is 16.4. The Labute approximate surface area is 165 Å². The predicted octanol–water partition coefficient (Wildman–Crippen LogP) is 2.26. The fraction of sp³-hybridized carbons (Fsp3) is 0.474. The molecule has 3 rings (SSSR count). The van der Waals surface area contributed by atoms with E-state index in [9.17, 15) is 13.2 Å². The van der Waals surface area contributed by atoms with E-state index in [2.05, 4.69) is 10.3 Å². The van der Waals surface area contributed by atoms with Crippen LogP contribution in [0.5, 0.6) is 5.75 Å². The number of aromatic nitrogens is 2. The summed E-state index contributed by atoms with van der Waals surface area (Å²) in [6, 6.07) is 5.54. The molecular weight excluding hydrogens is 380 g/mol. The number of hydrogen-bond donors (Lipinski definition) is 1. The molecule has 0 spiro atoms. The van der Waals surface area contributed by atoms with E-state index in [1.54, 1.807) is 17.7 Å². The van der Waals surface area contributed by atoms with Crippen LogP contribution < -0.4 is 10.1 Å². The highest BCUT2D eigenvalue weighted by Crippen LogP contribution is 2.28. The highest BCUT2D eigenvalue weighted by molar-refractivity contribution is 7.89. The molecule has 0 aliphatic carbocycles. The lowest BCUT2D eigenvalue weighted by Crippen LogP contribution is -2.43. The number of sulfonamides is 1. The van der Waals surface area contributed by atoms with Crippen molar-refractivity contribution in [1.29, 1.82) is 0 Å². The zero-order valence-corrected chi connectivity index (χ0v) is 17.2. The number of imidazole rings is 1. The number of anilines is 1. The second-order valence-electron chi connectivity index (χ2n) is 6.94. The van der Waals surface area contributed by atoms with Crippen LogP contribution in [0.25, 0.3) is 0 Å². The number of carbonyl (C=O) groups excluding carboxylic acids is 1. The summed E-state index contributed by atoms with van der Waals surface area (Å²) in [5.41, 5.74) is 1.59. The number of nitrogens with zero attached hydrogens (tertiary/aromatic N) is 3. The number of rotatable bonds is 6. The first-order chi connectivity index (χ1) is 13.3. The normalized spacial score (nSPS) is 18.0. The van der Waals surface area contributed by atoms with Gasteiger partial charge in [0, 0.05) is 25.8 Å². The van der Waals surface area contributed by atoms with Gasteiger partial charge in [-0.1, -0.05) is 6.07 Å². The maximum Gasteiger partial charge on any atom is 0.262 e. The lowest BCUT2D eigenvalue weighted by atomic mass is 9.98. The molecule has 1 fully saturated rings. The van der Waals surface area contributed by atoms with Gasteiger partial charge in [-0.25, -0.2) is 13.4 Å². The minimum absolute atomic E-state index is 0.0239. The number of methoxy groups -OCH3 is 1. The average molecular weight is 407 g/mol. The number of amides is 1. The number of benzene rings is 1. The van der Waals surface area contributed by atoms with Crippen LogP contribution in [-0.4, -0.2) is 48.4 Å². The van der Waals surface area contributed by atoms with Crippen LogP contribution in [0.3, 0.4) is 0 Å². The van der Waals surface area contributed by atoms with Crippen LogP contribution in [0.2, 0.25) is 0 Å². The van der Waals surface area contributed by atoms with Crippen molar-refractivity contribution < 1.29 is 17.9 Å². The maximum absolute atomic E-state index is 12.9. The summed E-state index contributed by atoms with van der Waals surface area (Å²) in [5, 5.41) is 2.92. The number of aryl methyl sites for hydroxylation is 2. The van der Waals surface area contributed by atoms with E-state index in [4.69, 9.17) is 4.74 Å². The Morgan fingerprint density at radius 1 is 1.39 bits per heavy atom. The van der Waals surface area contributed by atoms with Crippen LogP contribution in [0.1, 0.15) is 25.3 Å². The molecule has 152 valence electrons. The van der Waals surface area contributed by atoms with Crippen molar-refractivity contribution in [2.75, 3.05) is 25.5 Å². The highest BCUT2D eigenvalue weighted by Gasteiger charge is 2.34. The van der Waals surface area contributed by atoms with E-state index >= 15 is 0 Å². The molecule has 2 aromatic rings. The molecule has 1 aliphatic rings. The van der Waals surface area contributed by atoms with Gasteiger partial charge in [0.25, 0.3) is 10.0 Å². The van der Waals surface area contributed by atoms with Gasteiger partial charge < -0.3 is 14.6 Å². The molecule has 1 aliphatic heterocycles. The van der Waals surface area contributed by atoms with Crippen LogP contribution in [0.15, 0.2) is 35.7 Å².